The number of benzene rings is 5. The van der Waals surface area contributed by atoms with Gasteiger partial charge in [0.05, 0.1) is 16.6 Å². The quantitative estimate of drug-likeness (QED) is 0.202. The minimum Gasteiger partial charge on any atom is -0.310 e. The maximum absolute atomic E-state index is 3.59. The monoisotopic (exact) mass is 564 g/mol. The predicted molar refractivity (Wildman–Crippen MR) is 167 cm³/mol. The molecule has 1 unspecified atom stereocenters. The van der Waals surface area contributed by atoms with E-state index in [4.69, 9.17) is 0 Å². The van der Waals surface area contributed by atoms with Gasteiger partial charge in [-0.15, -0.1) is 0 Å². The van der Waals surface area contributed by atoms with Crippen LogP contribution in [-0.2, 0) is 6.42 Å². The van der Waals surface area contributed by atoms with E-state index in [2.05, 4.69) is 159 Å². The molecule has 2 heterocycles. The van der Waals surface area contributed by atoms with Crippen molar-refractivity contribution in [3.8, 4) is 11.4 Å². The number of halogens is 1. The van der Waals surface area contributed by atoms with Crippen LogP contribution in [-0.4, -0.2) is 9.13 Å². The van der Waals surface area contributed by atoms with E-state index in [1.54, 1.807) is 0 Å². The van der Waals surface area contributed by atoms with Crippen molar-refractivity contribution >= 4 is 54.7 Å². The van der Waals surface area contributed by atoms with Gasteiger partial charge in [-0.25, -0.2) is 0 Å². The first-order valence-electron chi connectivity index (χ1n) is 13.4. The van der Waals surface area contributed by atoms with E-state index in [0.717, 1.165) is 10.9 Å². The largest absolute Gasteiger partial charge is 0.310 e. The fourth-order valence-electron chi connectivity index (χ4n) is 6.39. The molecule has 0 radical (unpaired) electrons. The van der Waals surface area contributed by atoms with Crippen LogP contribution >= 0.6 is 15.9 Å². The van der Waals surface area contributed by atoms with Crippen molar-refractivity contribution in [1.29, 1.82) is 0 Å². The van der Waals surface area contributed by atoms with Crippen LogP contribution in [0.4, 0.5) is 0 Å². The van der Waals surface area contributed by atoms with E-state index in [1.807, 2.05) is 0 Å². The summed E-state index contributed by atoms with van der Waals surface area (Å²) in [5.41, 5.74) is 10.2. The van der Waals surface area contributed by atoms with Gasteiger partial charge in [0, 0.05) is 43.6 Å². The minimum absolute atomic E-state index is 0.324. The number of nitrogens with zero attached hydrogens (tertiary/aromatic N) is 2. The fraction of sp³-hybridized carbons (Fsp3) is 0.0556. The highest BCUT2D eigenvalue weighted by Crippen LogP contribution is 2.40. The van der Waals surface area contributed by atoms with Gasteiger partial charge in [-0.2, -0.15) is 0 Å². The molecule has 0 saturated carbocycles. The normalized spacial score (nSPS) is 14.8. The molecule has 0 spiro atoms. The molecule has 2 nitrogen and oxygen atoms in total. The van der Waals surface area contributed by atoms with Gasteiger partial charge in [-0.05, 0) is 84.3 Å². The molecule has 7 aromatic rings. The minimum atomic E-state index is 0.324. The van der Waals surface area contributed by atoms with Crippen molar-refractivity contribution in [3.63, 3.8) is 0 Å². The maximum atomic E-state index is 3.59. The summed E-state index contributed by atoms with van der Waals surface area (Å²) in [6, 6.07) is 43.9. The van der Waals surface area contributed by atoms with Crippen LogP contribution in [0.5, 0.6) is 0 Å². The molecule has 1 aliphatic carbocycles. The first-order chi connectivity index (χ1) is 19.3. The Bertz CT molecular complexity index is 2040. The number of rotatable bonds is 3. The molecule has 1 atom stereocenters. The molecule has 0 saturated heterocycles. The summed E-state index contributed by atoms with van der Waals surface area (Å²) in [6.45, 7) is 0. The van der Waals surface area contributed by atoms with Crippen LogP contribution in [0.1, 0.15) is 22.7 Å². The lowest BCUT2D eigenvalue weighted by Crippen LogP contribution is -2.07. The van der Waals surface area contributed by atoms with Gasteiger partial charge < -0.3 is 9.13 Å². The standard InChI is InChI=1S/C36H25BrN2/c37-26-16-18-28(19-17-26)39-34-13-7-5-11-30(34)32-23-25(15-21-36(32)39)24-14-20-35-31(22-24)29-10-4-6-12-33(29)38(35)27-8-2-1-3-9-27/h1-22,25H,23H2. The molecule has 0 amide bonds. The van der Waals surface area contributed by atoms with Gasteiger partial charge >= 0.3 is 0 Å². The Morgan fingerprint density at radius 1 is 0.564 bits per heavy atom. The van der Waals surface area contributed by atoms with E-state index in [9.17, 15) is 0 Å². The third-order valence-electron chi connectivity index (χ3n) is 8.15. The summed E-state index contributed by atoms with van der Waals surface area (Å²) >= 11 is 3.59. The summed E-state index contributed by atoms with van der Waals surface area (Å²) in [7, 11) is 0. The predicted octanol–water partition coefficient (Wildman–Crippen LogP) is 9.84. The van der Waals surface area contributed by atoms with Gasteiger partial charge in [0.2, 0.25) is 0 Å². The lowest BCUT2D eigenvalue weighted by atomic mass is 9.86. The number of para-hydroxylation sites is 3. The van der Waals surface area contributed by atoms with Crippen molar-refractivity contribution < 1.29 is 0 Å². The summed E-state index contributed by atoms with van der Waals surface area (Å²) in [4.78, 5) is 0. The molecule has 2 aromatic heterocycles. The average molecular weight is 566 g/mol. The van der Waals surface area contributed by atoms with Crippen LogP contribution in [0.2, 0.25) is 0 Å². The highest BCUT2D eigenvalue weighted by Gasteiger charge is 2.24. The second-order valence-electron chi connectivity index (χ2n) is 10.3. The number of fused-ring (bicyclic) bond motifs is 6. The first kappa shape index (κ1) is 22.6. The molecular formula is C36H25BrN2. The fourth-order valence-corrected chi connectivity index (χ4v) is 6.65. The van der Waals surface area contributed by atoms with E-state index in [1.165, 1.54) is 60.9 Å². The zero-order valence-corrected chi connectivity index (χ0v) is 22.8. The molecule has 0 fully saturated rings. The highest BCUT2D eigenvalue weighted by molar-refractivity contribution is 9.10. The Morgan fingerprint density at radius 3 is 2.00 bits per heavy atom. The molecule has 8 rings (SSSR count). The Balaban J connectivity index is 1.27. The third-order valence-corrected chi connectivity index (χ3v) is 8.68. The van der Waals surface area contributed by atoms with Gasteiger partial charge in [-0.3, -0.25) is 0 Å². The van der Waals surface area contributed by atoms with E-state index < -0.39 is 0 Å². The summed E-state index contributed by atoms with van der Waals surface area (Å²) in [5.74, 6) is 0.324. The molecule has 0 aliphatic heterocycles. The second-order valence-corrected chi connectivity index (χ2v) is 11.2. The van der Waals surface area contributed by atoms with Crippen molar-refractivity contribution in [2.24, 2.45) is 0 Å². The van der Waals surface area contributed by atoms with Crippen LogP contribution in [0, 0.1) is 0 Å². The second kappa shape index (κ2) is 8.86. The number of hydrogen-bond acceptors (Lipinski definition) is 0. The van der Waals surface area contributed by atoms with Gasteiger partial charge in [0.25, 0.3) is 0 Å². The topological polar surface area (TPSA) is 9.86 Å². The van der Waals surface area contributed by atoms with Crippen molar-refractivity contribution in [2.45, 2.75) is 12.3 Å². The van der Waals surface area contributed by atoms with Gasteiger partial charge in [-0.1, -0.05) is 82.7 Å². The van der Waals surface area contributed by atoms with Crippen LogP contribution in [0.3, 0.4) is 0 Å². The van der Waals surface area contributed by atoms with Crippen LogP contribution in [0.25, 0.3) is 50.2 Å². The maximum Gasteiger partial charge on any atom is 0.0541 e. The summed E-state index contributed by atoms with van der Waals surface area (Å²) < 4.78 is 5.88. The SMILES string of the molecule is Brc1ccc(-n2c3c(c4ccccc42)CC(c2ccc4c(c2)c2ccccc2n4-c2ccccc2)C=C3)cc1. The Labute approximate surface area is 235 Å². The van der Waals surface area contributed by atoms with E-state index in [0.29, 0.717) is 5.92 Å². The van der Waals surface area contributed by atoms with Crippen molar-refractivity contribution in [2.75, 3.05) is 0 Å². The van der Waals surface area contributed by atoms with Crippen LogP contribution < -0.4 is 0 Å². The molecule has 39 heavy (non-hydrogen) atoms. The van der Waals surface area contributed by atoms with E-state index in [-0.39, 0.29) is 0 Å². The highest BCUT2D eigenvalue weighted by atomic mass is 79.9. The zero-order chi connectivity index (χ0) is 25.9. The molecule has 5 aromatic carbocycles. The first-order valence-corrected chi connectivity index (χ1v) is 14.2. The van der Waals surface area contributed by atoms with Crippen molar-refractivity contribution in [3.05, 3.63) is 149 Å². The van der Waals surface area contributed by atoms with Crippen molar-refractivity contribution in [1.82, 2.24) is 9.13 Å². The summed E-state index contributed by atoms with van der Waals surface area (Å²) in [6.07, 6.45) is 5.72. The molecule has 186 valence electrons. The molecular weight excluding hydrogens is 540 g/mol. The molecule has 3 heteroatoms. The lowest BCUT2D eigenvalue weighted by Gasteiger charge is -2.20. The molecule has 1 aliphatic rings. The third kappa shape index (κ3) is 3.54. The zero-order valence-electron chi connectivity index (χ0n) is 21.3. The van der Waals surface area contributed by atoms with Crippen LogP contribution in [0.15, 0.2) is 132 Å². The van der Waals surface area contributed by atoms with Gasteiger partial charge in [0.15, 0.2) is 0 Å². The molecule has 0 N–H and O–H groups in total. The number of hydrogen-bond donors (Lipinski definition) is 0. The average Bonchev–Trinajstić information content (AvgIpc) is 3.50. The Kier molecular flexibility index (Phi) is 5.14. The van der Waals surface area contributed by atoms with E-state index >= 15 is 0 Å². The lowest BCUT2D eigenvalue weighted by molar-refractivity contribution is 0.826. The number of aromatic nitrogens is 2. The summed E-state index contributed by atoms with van der Waals surface area (Å²) in [5, 5.41) is 3.94. The number of allylic oxidation sites excluding steroid dienone is 1. The Hall–Kier alpha value is -4.34. The smallest absolute Gasteiger partial charge is 0.0541 e. The van der Waals surface area contributed by atoms with Gasteiger partial charge in [0.1, 0.15) is 0 Å². The Morgan fingerprint density at radius 2 is 1.21 bits per heavy atom. The molecule has 0 bridgehead atoms.